The average molecular weight is 485 g/mol. The van der Waals surface area contributed by atoms with Crippen molar-refractivity contribution < 1.29 is 14.6 Å². The molecule has 0 aliphatic carbocycles. The van der Waals surface area contributed by atoms with Gasteiger partial charge >= 0.3 is 5.97 Å². The van der Waals surface area contributed by atoms with E-state index in [0.717, 1.165) is 55.9 Å². The summed E-state index contributed by atoms with van der Waals surface area (Å²) in [7, 11) is 0. The van der Waals surface area contributed by atoms with Gasteiger partial charge in [0.15, 0.2) is 5.57 Å². The molecule has 1 aromatic carbocycles. The van der Waals surface area contributed by atoms with Crippen LogP contribution in [0.1, 0.15) is 32.3 Å². The van der Waals surface area contributed by atoms with Crippen LogP contribution in [-0.2, 0) is 22.5 Å². The zero-order valence-electron chi connectivity index (χ0n) is 19.7. The maximum absolute atomic E-state index is 12.8. The highest BCUT2D eigenvalue weighted by Gasteiger charge is 2.18. The van der Waals surface area contributed by atoms with Crippen molar-refractivity contribution in [2.24, 2.45) is 5.92 Å². The fraction of sp³-hybridized carbons (Fsp3) is 0.480. The summed E-state index contributed by atoms with van der Waals surface area (Å²) >= 11 is 1.10. The van der Waals surface area contributed by atoms with Crippen molar-refractivity contribution in [1.82, 2.24) is 9.47 Å². The zero-order valence-corrected chi connectivity index (χ0v) is 20.6. The molecule has 34 heavy (non-hydrogen) atoms. The highest BCUT2D eigenvalue weighted by Crippen LogP contribution is 2.17. The number of aliphatic hydroxyl groups excluding tert-OH is 1. The summed E-state index contributed by atoms with van der Waals surface area (Å²) in [4.78, 5) is 27.4. The van der Waals surface area contributed by atoms with Crippen molar-refractivity contribution in [1.29, 1.82) is 5.26 Å². The molecule has 3 rings (SSSR count). The monoisotopic (exact) mass is 484 g/mol. The summed E-state index contributed by atoms with van der Waals surface area (Å²) < 4.78 is 7.09. The van der Waals surface area contributed by atoms with Crippen LogP contribution in [0.2, 0.25) is 0 Å². The highest BCUT2D eigenvalue weighted by atomic mass is 32.1. The Morgan fingerprint density at radius 1 is 1.29 bits per heavy atom. The number of rotatable bonds is 9. The lowest BCUT2D eigenvalue weighted by atomic mass is 9.97. The van der Waals surface area contributed by atoms with E-state index in [-0.39, 0.29) is 17.7 Å². The number of carbonyl (C=O) groups is 1. The number of nitriles is 1. The van der Waals surface area contributed by atoms with E-state index in [1.165, 1.54) is 10.1 Å². The van der Waals surface area contributed by atoms with Crippen LogP contribution in [0, 0.1) is 17.2 Å². The number of ether oxygens (including phenoxy) is 1. The van der Waals surface area contributed by atoms with Crippen molar-refractivity contribution >= 4 is 34.8 Å². The van der Waals surface area contributed by atoms with Crippen LogP contribution < -0.4 is 20.1 Å². The number of likely N-dealkylation sites (tertiary alicyclic amines) is 1. The first-order chi connectivity index (χ1) is 16.5. The Labute approximate surface area is 203 Å². The number of esters is 1. The fourth-order valence-corrected chi connectivity index (χ4v) is 5.05. The van der Waals surface area contributed by atoms with Gasteiger partial charge in [-0.05, 0) is 69.8 Å². The van der Waals surface area contributed by atoms with Crippen LogP contribution in [0.4, 0.5) is 5.69 Å². The fourth-order valence-electron chi connectivity index (χ4n) is 3.97. The molecule has 2 N–H and O–H groups in total. The average Bonchev–Trinajstić information content (AvgIpc) is 3.17. The van der Waals surface area contributed by atoms with Crippen LogP contribution in [0.3, 0.4) is 0 Å². The van der Waals surface area contributed by atoms with Gasteiger partial charge in [0.25, 0.3) is 5.56 Å². The Balaban J connectivity index is 1.70. The molecular formula is C25H32N4O4S. The molecule has 9 heteroatoms. The Kier molecular flexibility index (Phi) is 9.45. The minimum Gasteiger partial charge on any atom is -0.462 e. The lowest BCUT2D eigenvalue weighted by molar-refractivity contribution is -0.136. The van der Waals surface area contributed by atoms with Crippen molar-refractivity contribution in [3.05, 3.63) is 49.4 Å². The van der Waals surface area contributed by atoms with Crippen molar-refractivity contribution in [3.63, 3.8) is 0 Å². The van der Waals surface area contributed by atoms with Gasteiger partial charge < -0.3 is 20.1 Å². The number of anilines is 1. The number of hydrogen-bond acceptors (Lipinski definition) is 8. The van der Waals surface area contributed by atoms with Gasteiger partial charge in [-0.2, -0.15) is 5.26 Å². The van der Waals surface area contributed by atoms with Gasteiger partial charge in [-0.25, -0.2) is 4.79 Å². The summed E-state index contributed by atoms with van der Waals surface area (Å²) in [5.74, 6) is -0.269. The van der Waals surface area contributed by atoms with Gasteiger partial charge in [-0.1, -0.05) is 12.1 Å². The number of thiazole rings is 1. The molecule has 2 aromatic rings. The lowest BCUT2D eigenvalue weighted by Gasteiger charge is -2.31. The third kappa shape index (κ3) is 6.35. The molecule has 0 atom stereocenters. The minimum absolute atomic E-state index is 0.157. The first-order valence-corrected chi connectivity index (χ1v) is 12.5. The van der Waals surface area contributed by atoms with Crippen LogP contribution >= 0.6 is 11.3 Å². The molecule has 2 heterocycles. The van der Waals surface area contributed by atoms with Crippen LogP contribution in [0.5, 0.6) is 0 Å². The number of benzene rings is 1. The third-order valence-corrected chi connectivity index (χ3v) is 7.17. The van der Waals surface area contributed by atoms with Crippen molar-refractivity contribution in [3.8, 4) is 6.07 Å². The number of hydrogen-bond donors (Lipinski definition) is 2. The van der Waals surface area contributed by atoms with Gasteiger partial charge in [0.2, 0.25) is 0 Å². The maximum atomic E-state index is 12.8. The van der Waals surface area contributed by atoms with Crippen molar-refractivity contribution in [2.45, 2.75) is 39.7 Å². The summed E-state index contributed by atoms with van der Waals surface area (Å²) in [5.41, 5.74) is 1.67. The molecule has 0 bridgehead atoms. The SMILES string of the molecule is CCOC(=O)/C(C#N)=c1\s/c(=C/Nc2ccc(CCN3CCC(CO)CC3)cc2)c(=O)n1CC. The smallest absolute Gasteiger partial charge is 0.351 e. The molecule has 8 nitrogen and oxygen atoms in total. The second-order valence-electron chi connectivity index (χ2n) is 8.23. The van der Waals surface area contributed by atoms with Gasteiger partial charge in [-0.3, -0.25) is 9.36 Å². The highest BCUT2D eigenvalue weighted by molar-refractivity contribution is 7.07. The van der Waals surface area contributed by atoms with E-state index in [1.54, 1.807) is 20.0 Å². The molecule has 0 radical (unpaired) electrons. The van der Waals surface area contributed by atoms with Gasteiger partial charge in [0, 0.05) is 31.6 Å². The molecule has 1 aromatic heterocycles. The van der Waals surface area contributed by atoms with Gasteiger partial charge in [0.05, 0.1) is 6.61 Å². The zero-order chi connectivity index (χ0) is 24.5. The van der Waals surface area contributed by atoms with E-state index in [2.05, 4.69) is 22.3 Å². The predicted molar refractivity (Wildman–Crippen MR) is 134 cm³/mol. The van der Waals surface area contributed by atoms with E-state index in [0.29, 0.717) is 28.3 Å². The molecule has 0 amide bonds. The number of aliphatic hydroxyl groups is 1. The molecule has 0 unspecified atom stereocenters. The minimum atomic E-state index is -0.721. The Morgan fingerprint density at radius 3 is 2.59 bits per heavy atom. The predicted octanol–water partition coefficient (Wildman–Crippen LogP) is 1.26. The quantitative estimate of drug-likeness (QED) is 0.516. The van der Waals surface area contributed by atoms with E-state index in [1.807, 2.05) is 18.2 Å². The van der Waals surface area contributed by atoms with Crippen LogP contribution in [-0.4, -0.2) is 53.4 Å². The number of aromatic nitrogens is 1. The summed E-state index contributed by atoms with van der Waals surface area (Å²) in [6.45, 7) is 7.34. The van der Waals surface area contributed by atoms with Gasteiger partial charge in [-0.15, -0.1) is 11.3 Å². The second-order valence-corrected chi connectivity index (χ2v) is 9.26. The summed E-state index contributed by atoms with van der Waals surface area (Å²) in [6.07, 6.45) is 4.70. The Hall–Kier alpha value is -2.93. The van der Waals surface area contributed by atoms with Gasteiger partial charge in [0.1, 0.15) is 15.3 Å². The number of nitrogens with one attached hydrogen (secondary N) is 1. The standard InChI is InChI=1S/C25H32N4O4S/c1-3-29-23(31)22(34-24(29)21(15-26)25(32)33-4-2)16-27-20-7-5-18(6-8-20)9-12-28-13-10-19(17-30)11-14-28/h5-8,16,19,27,30H,3-4,9-14,17H2,1-2H3/b22-16+,24-21-. The normalized spacial score (nSPS) is 16.2. The third-order valence-electron chi connectivity index (χ3n) is 6.04. The topological polar surface area (TPSA) is 108 Å². The number of nitrogens with zero attached hydrogens (tertiary/aromatic N) is 3. The second kappa shape index (κ2) is 12.5. The molecule has 1 saturated heterocycles. The van der Waals surface area contributed by atoms with E-state index >= 15 is 0 Å². The largest absolute Gasteiger partial charge is 0.462 e. The molecule has 0 spiro atoms. The van der Waals surface area contributed by atoms with E-state index in [9.17, 15) is 20.0 Å². The number of carbonyl (C=O) groups excluding carboxylic acids is 1. The molecule has 0 saturated carbocycles. The summed E-state index contributed by atoms with van der Waals surface area (Å²) in [5, 5.41) is 21.9. The van der Waals surface area contributed by atoms with E-state index in [4.69, 9.17) is 4.74 Å². The van der Waals surface area contributed by atoms with Crippen LogP contribution in [0.15, 0.2) is 29.1 Å². The van der Waals surface area contributed by atoms with Crippen molar-refractivity contribution in [2.75, 3.05) is 38.2 Å². The first-order valence-electron chi connectivity index (χ1n) is 11.7. The van der Waals surface area contributed by atoms with E-state index < -0.39 is 5.97 Å². The molecule has 1 aliphatic heterocycles. The molecule has 182 valence electrons. The molecule has 1 aliphatic rings. The Bertz CT molecular complexity index is 1190. The lowest BCUT2D eigenvalue weighted by Crippen LogP contribution is -2.36. The van der Waals surface area contributed by atoms with Crippen LogP contribution in [0.25, 0.3) is 11.8 Å². The Morgan fingerprint density at radius 2 is 2.00 bits per heavy atom. The summed E-state index contributed by atoms with van der Waals surface area (Å²) in [6, 6.07) is 9.98. The number of piperidine rings is 1. The maximum Gasteiger partial charge on any atom is 0.351 e. The molecular weight excluding hydrogens is 452 g/mol. The first kappa shape index (κ1) is 25.7. The molecule has 1 fully saturated rings.